The van der Waals surface area contributed by atoms with Gasteiger partial charge >= 0.3 is 0 Å². The summed E-state index contributed by atoms with van der Waals surface area (Å²) in [5.74, 6) is 0.784. The van der Waals surface area contributed by atoms with Crippen LogP contribution in [-0.4, -0.2) is 20.9 Å². The van der Waals surface area contributed by atoms with Crippen LogP contribution in [0.4, 0.5) is 5.82 Å². The lowest BCUT2D eigenvalue weighted by atomic mass is 10.2. The van der Waals surface area contributed by atoms with E-state index in [1.54, 1.807) is 30.7 Å². The molecule has 0 aliphatic heterocycles. The summed E-state index contributed by atoms with van der Waals surface area (Å²) in [7, 11) is 0. The molecule has 0 aliphatic carbocycles. The summed E-state index contributed by atoms with van der Waals surface area (Å²) >= 11 is 0. The Labute approximate surface area is 105 Å². The van der Waals surface area contributed by atoms with Crippen LogP contribution in [0.25, 0.3) is 0 Å². The van der Waals surface area contributed by atoms with E-state index >= 15 is 0 Å². The fourth-order valence-corrected chi connectivity index (χ4v) is 1.72. The first-order chi connectivity index (χ1) is 8.72. The monoisotopic (exact) mass is 245 g/mol. The molecule has 0 aliphatic rings. The number of hydrogen-bond donors (Lipinski definition) is 3. The minimum absolute atomic E-state index is 0.0343. The summed E-state index contributed by atoms with van der Waals surface area (Å²) in [6.07, 6.45) is 5.87. The number of nitrogens with one attached hydrogen (secondary N) is 2. The molecule has 4 N–H and O–H groups in total. The Morgan fingerprint density at radius 2 is 2.33 bits per heavy atom. The van der Waals surface area contributed by atoms with Gasteiger partial charge in [-0.1, -0.05) is 6.92 Å². The zero-order valence-electron chi connectivity index (χ0n) is 10.1. The third-order valence-electron chi connectivity index (χ3n) is 2.64. The van der Waals surface area contributed by atoms with Crippen molar-refractivity contribution in [1.82, 2.24) is 15.0 Å². The maximum absolute atomic E-state index is 11.3. The number of primary amides is 1. The molecule has 0 aromatic carbocycles. The summed E-state index contributed by atoms with van der Waals surface area (Å²) in [6.45, 7) is 2.02. The highest BCUT2D eigenvalue weighted by Gasteiger charge is 2.15. The van der Waals surface area contributed by atoms with Crippen molar-refractivity contribution >= 4 is 11.7 Å². The zero-order chi connectivity index (χ0) is 13.0. The molecule has 94 valence electrons. The third kappa shape index (κ3) is 2.48. The van der Waals surface area contributed by atoms with Crippen LogP contribution >= 0.6 is 0 Å². The average Bonchev–Trinajstić information content (AvgIpc) is 2.90. The minimum atomic E-state index is -0.500. The molecule has 6 heteroatoms. The molecule has 0 saturated heterocycles. The molecule has 0 saturated carbocycles. The van der Waals surface area contributed by atoms with Crippen molar-refractivity contribution in [3.8, 4) is 0 Å². The fourth-order valence-electron chi connectivity index (χ4n) is 1.72. The van der Waals surface area contributed by atoms with Crippen LogP contribution < -0.4 is 11.1 Å². The molecule has 0 bridgehead atoms. The third-order valence-corrected chi connectivity index (χ3v) is 2.64. The van der Waals surface area contributed by atoms with Crippen molar-refractivity contribution in [2.24, 2.45) is 5.73 Å². The maximum atomic E-state index is 11.3. The molecule has 18 heavy (non-hydrogen) atoms. The van der Waals surface area contributed by atoms with E-state index in [-0.39, 0.29) is 6.04 Å². The first-order valence-electron chi connectivity index (χ1n) is 5.73. The van der Waals surface area contributed by atoms with Gasteiger partial charge in [-0.3, -0.25) is 4.79 Å². The van der Waals surface area contributed by atoms with Gasteiger partial charge in [-0.15, -0.1) is 0 Å². The van der Waals surface area contributed by atoms with E-state index in [9.17, 15) is 4.79 Å². The number of amides is 1. The second-order valence-electron chi connectivity index (χ2n) is 3.84. The van der Waals surface area contributed by atoms with Crippen molar-refractivity contribution in [3.05, 3.63) is 42.1 Å². The maximum Gasteiger partial charge on any atom is 0.252 e. The van der Waals surface area contributed by atoms with Crippen LogP contribution in [0.3, 0.4) is 0 Å². The highest BCUT2D eigenvalue weighted by Crippen LogP contribution is 2.20. The van der Waals surface area contributed by atoms with Crippen LogP contribution in [0.5, 0.6) is 0 Å². The Hall–Kier alpha value is -2.37. The van der Waals surface area contributed by atoms with Crippen molar-refractivity contribution in [1.29, 1.82) is 0 Å². The van der Waals surface area contributed by atoms with E-state index in [2.05, 4.69) is 20.3 Å². The number of anilines is 1. The molecule has 2 aromatic rings. The molecular formula is C12H15N5O. The van der Waals surface area contributed by atoms with Gasteiger partial charge in [-0.05, 0) is 18.6 Å². The molecule has 1 unspecified atom stereocenters. The molecule has 2 rings (SSSR count). The van der Waals surface area contributed by atoms with Crippen LogP contribution in [0.1, 0.15) is 35.6 Å². The Kier molecular flexibility index (Phi) is 3.57. The number of rotatable bonds is 5. The topological polar surface area (TPSA) is 96.7 Å². The number of H-pyrrole nitrogens is 1. The number of hydrogen-bond acceptors (Lipinski definition) is 4. The first kappa shape index (κ1) is 12.1. The normalized spacial score (nSPS) is 12.1. The Morgan fingerprint density at radius 1 is 1.50 bits per heavy atom. The lowest BCUT2D eigenvalue weighted by molar-refractivity contribution is 0.100. The number of imidazole rings is 1. The summed E-state index contributed by atoms with van der Waals surface area (Å²) in [5, 5.41) is 3.18. The molecular weight excluding hydrogens is 230 g/mol. The van der Waals surface area contributed by atoms with Crippen molar-refractivity contribution < 1.29 is 4.79 Å². The van der Waals surface area contributed by atoms with E-state index in [1.165, 1.54) is 0 Å². The van der Waals surface area contributed by atoms with Gasteiger partial charge in [0.1, 0.15) is 11.6 Å². The molecule has 1 amide bonds. The van der Waals surface area contributed by atoms with Gasteiger partial charge in [-0.2, -0.15) is 0 Å². The number of carbonyl (C=O) groups is 1. The van der Waals surface area contributed by atoms with E-state index in [0.29, 0.717) is 11.4 Å². The quantitative estimate of drug-likeness (QED) is 0.743. The van der Waals surface area contributed by atoms with E-state index in [4.69, 9.17) is 5.73 Å². The summed E-state index contributed by atoms with van der Waals surface area (Å²) in [5.41, 5.74) is 5.69. The van der Waals surface area contributed by atoms with Crippen LogP contribution in [0.2, 0.25) is 0 Å². The second-order valence-corrected chi connectivity index (χ2v) is 3.84. The van der Waals surface area contributed by atoms with Gasteiger partial charge in [0.25, 0.3) is 5.91 Å². The summed E-state index contributed by atoms with van der Waals surface area (Å²) in [6, 6.07) is 3.29. The van der Waals surface area contributed by atoms with Gasteiger partial charge in [0.2, 0.25) is 0 Å². The number of aromatic amines is 1. The number of aromatic nitrogens is 3. The van der Waals surface area contributed by atoms with Gasteiger partial charge in [0.05, 0.1) is 11.6 Å². The number of nitrogens with zero attached hydrogens (tertiary/aromatic N) is 2. The van der Waals surface area contributed by atoms with Gasteiger partial charge in [0, 0.05) is 18.6 Å². The average molecular weight is 245 g/mol. The highest BCUT2D eigenvalue weighted by atomic mass is 16.1. The lowest BCUT2D eigenvalue weighted by Gasteiger charge is -2.16. The largest absolute Gasteiger partial charge is 0.365 e. The second kappa shape index (κ2) is 5.31. The number of nitrogens with two attached hydrogens (primary N) is 1. The predicted molar refractivity (Wildman–Crippen MR) is 68.0 cm³/mol. The smallest absolute Gasteiger partial charge is 0.252 e. The molecule has 2 heterocycles. The van der Waals surface area contributed by atoms with E-state index in [1.807, 2.05) is 6.92 Å². The predicted octanol–water partition coefficient (Wildman–Crippen LogP) is 1.47. The highest BCUT2D eigenvalue weighted by molar-refractivity contribution is 5.97. The van der Waals surface area contributed by atoms with E-state index < -0.39 is 5.91 Å². The summed E-state index contributed by atoms with van der Waals surface area (Å²) < 4.78 is 0. The molecule has 0 fully saturated rings. The van der Waals surface area contributed by atoms with Crippen LogP contribution in [0, 0.1) is 0 Å². The summed E-state index contributed by atoms with van der Waals surface area (Å²) in [4.78, 5) is 22.7. The Balaban J connectivity index is 2.25. The minimum Gasteiger partial charge on any atom is -0.365 e. The molecule has 2 aromatic heterocycles. The van der Waals surface area contributed by atoms with Gasteiger partial charge < -0.3 is 16.0 Å². The van der Waals surface area contributed by atoms with Crippen molar-refractivity contribution in [2.45, 2.75) is 19.4 Å². The molecule has 0 spiro atoms. The van der Waals surface area contributed by atoms with Crippen molar-refractivity contribution in [2.75, 3.05) is 5.32 Å². The zero-order valence-corrected chi connectivity index (χ0v) is 10.1. The SMILES string of the molecule is CCC(Nc1ncccc1C(N)=O)c1ncc[nH]1. The van der Waals surface area contributed by atoms with E-state index in [0.717, 1.165) is 12.2 Å². The lowest BCUT2D eigenvalue weighted by Crippen LogP contribution is -2.18. The Morgan fingerprint density at radius 3 is 2.94 bits per heavy atom. The standard InChI is InChI=1S/C12H15N5O/c1-2-9(12-15-6-7-16-12)17-11-8(10(13)18)4-3-5-14-11/h3-7,9H,2H2,1H3,(H2,13,18)(H,14,17)(H,15,16). The molecule has 0 radical (unpaired) electrons. The van der Waals surface area contributed by atoms with Crippen LogP contribution in [-0.2, 0) is 0 Å². The Bertz CT molecular complexity index is 523. The number of carbonyl (C=O) groups excluding carboxylic acids is 1. The van der Waals surface area contributed by atoms with Gasteiger partial charge in [-0.25, -0.2) is 9.97 Å². The van der Waals surface area contributed by atoms with Gasteiger partial charge in [0.15, 0.2) is 0 Å². The molecule has 1 atom stereocenters. The molecule has 6 nitrogen and oxygen atoms in total. The van der Waals surface area contributed by atoms with Crippen LogP contribution in [0.15, 0.2) is 30.7 Å². The van der Waals surface area contributed by atoms with Crippen molar-refractivity contribution in [3.63, 3.8) is 0 Å². The number of pyridine rings is 1. The fraction of sp³-hybridized carbons (Fsp3) is 0.250. The first-order valence-corrected chi connectivity index (χ1v) is 5.73.